The van der Waals surface area contributed by atoms with Crippen molar-refractivity contribution in [3.63, 3.8) is 0 Å². The number of carbonyl (C=O) groups is 2. The lowest BCUT2D eigenvalue weighted by Crippen LogP contribution is -2.48. The number of nitrogens with zero attached hydrogens (tertiary/aromatic N) is 1. The van der Waals surface area contributed by atoms with Crippen LogP contribution in [0.25, 0.3) is 0 Å². The standard InChI is InChI=1S/C10H20N2O4/c1-3-4-12(5-6-13)7-9(10(15)16)11-8(2)14/h9,13H,3-7H2,1-2H3,(H,11,14)(H,15,16). The number of aliphatic carboxylic acids is 1. The van der Waals surface area contributed by atoms with Gasteiger partial charge in [0.1, 0.15) is 6.04 Å². The number of amides is 1. The van der Waals surface area contributed by atoms with Crippen molar-refractivity contribution in [1.29, 1.82) is 0 Å². The van der Waals surface area contributed by atoms with Crippen LogP contribution in [-0.4, -0.2) is 59.3 Å². The Morgan fingerprint density at radius 1 is 1.38 bits per heavy atom. The summed E-state index contributed by atoms with van der Waals surface area (Å²) in [6, 6.07) is -0.921. The van der Waals surface area contributed by atoms with Gasteiger partial charge < -0.3 is 15.5 Å². The van der Waals surface area contributed by atoms with Crippen molar-refractivity contribution in [2.24, 2.45) is 0 Å². The highest BCUT2D eigenvalue weighted by atomic mass is 16.4. The SMILES string of the molecule is CCCN(CCO)CC(NC(C)=O)C(=O)O. The van der Waals surface area contributed by atoms with Crippen LogP contribution in [0.3, 0.4) is 0 Å². The van der Waals surface area contributed by atoms with E-state index < -0.39 is 12.0 Å². The summed E-state index contributed by atoms with van der Waals surface area (Å²) >= 11 is 0. The summed E-state index contributed by atoms with van der Waals surface area (Å²) in [5.41, 5.74) is 0. The van der Waals surface area contributed by atoms with Crippen LogP contribution in [0.15, 0.2) is 0 Å². The van der Waals surface area contributed by atoms with Crippen molar-refractivity contribution in [1.82, 2.24) is 10.2 Å². The Kier molecular flexibility index (Phi) is 7.49. The Morgan fingerprint density at radius 2 is 2.00 bits per heavy atom. The van der Waals surface area contributed by atoms with Gasteiger partial charge in [0.25, 0.3) is 0 Å². The zero-order chi connectivity index (χ0) is 12.6. The van der Waals surface area contributed by atoms with Crippen molar-refractivity contribution >= 4 is 11.9 Å². The molecule has 0 bridgehead atoms. The predicted molar refractivity (Wildman–Crippen MR) is 59.1 cm³/mol. The van der Waals surface area contributed by atoms with Gasteiger partial charge >= 0.3 is 5.97 Å². The molecule has 94 valence electrons. The topological polar surface area (TPSA) is 89.9 Å². The van der Waals surface area contributed by atoms with Gasteiger partial charge in [-0.2, -0.15) is 0 Å². The molecule has 0 aliphatic rings. The zero-order valence-electron chi connectivity index (χ0n) is 9.77. The van der Waals surface area contributed by atoms with E-state index in [0.29, 0.717) is 13.1 Å². The quantitative estimate of drug-likeness (QED) is 0.514. The Hall–Kier alpha value is -1.14. The van der Waals surface area contributed by atoms with E-state index in [-0.39, 0.29) is 19.1 Å². The van der Waals surface area contributed by atoms with Gasteiger partial charge in [-0.3, -0.25) is 9.69 Å². The lowest BCUT2D eigenvalue weighted by molar-refractivity contribution is -0.142. The van der Waals surface area contributed by atoms with Gasteiger partial charge in [-0.15, -0.1) is 0 Å². The molecule has 0 aromatic heterocycles. The van der Waals surface area contributed by atoms with Crippen molar-refractivity contribution in [3.8, 4) is 0 Å². The largest absolute Gasteiger partial charge is 0.480 e. The summed E-state index contributed by atoms with van der Waals surface area (Å²) < 4.78 is 0. The van der Waals surface area contributed by atoms with Gasteiger partial charge in [-0.1, -0.05) is 6.92 Å². The van der Waals surface area contributed by atoms with Crippen molar-refractivity contribution in [2.45, 2.75) is 26.3 Å². The van der Waals surface area contributed by atoms with Crippen LogP contribution in [0.4, 0.5) is 0 Å². The first kappa shape index (κ1) is 14.9. The molecular formula is C10H20N2O4. The fraction of sp³-hybridized carbons (Fsp3) is 0.800. The maximum absolute atomic E-state index is 10.9. The molecule has 0 aromatic rings. The summed E-state index contributed by atoms with van der Waals surface area (Å²) in [6.45, 7) is 4.56. The second kappa shape index (κ2) is 8.06. The molecule has 3 N–H and O–H groups in total. The fourth-order valence-electron chi connectivity index (χ4n) is 1.44. The summed E-state index contributed by atoms with van der Waals surface area (Å²) in [5.74, 6) is -1.43. The lowest BCUT2D eigenvalue weighted by atomic mass is 10.2. The molecule has 1 unspecified atom stereocenters. The van der Waals surface area contributed by atoms with Crippen LogP contribution < -0.4 is 5.32 Å². The Morgan fingerprint density at radius 3 is 2.38 bits per heavy atom. The highest BCUT2D eigenvalue weighted by Crippen LogP contribution is 1.95. The van der Waals surface area contributed by atoms with Crippen molar-refractivity contribution in [3.05, 3.63) is 0 Å². The molecule has 1 atom stereocenters. The van der Waals surface area contributed by atoms with Gasteiger partial charge in [-0.25, -0.2) is 4.79 Å². The third kappa shape index (κ3) is 6.36. The molecule has 0 radical (unpaired) electrons. The molecule has 0 aliphatic carbocycles. The minimum absolute atomic E-state index is 0.0214. The molecule has 0 fully saturated rings. The second-order valence-corrected chi connectivity index (χ2v) is 3.62. The number of hydrogen-bond acceptors (Lipinski definition) is 4. The number of rotatable bonds is 8. The van der Waals surface area contributed by atoms with Crippen LogP contribution in [0.2, 0.25) is 0 Å². The molecule has 6 heteroatoms. The summed E-state index contributed by atoms with van der Waals surface area (Å²) in [5, 5.41) is 20.1. The van der Waals surface area contributed by atoms with Crippen LogP contribution in [0.5, 0.6) is 0 Å². The number of hydrogen-bond donors (Lipinski definition) is 3. The van der Waals surface area contributed by atoms with E-state index in [1.165, 1.54) is 6.92 Å². The molecule has 0 saturated heterocycles. The molecule has 0 rings (SSSR count). The number of aliphatic hydroxyl groups excluding tert-OH is 1. The highest BCUT2D eigenvalue weighted by Gasteiger charge is 2.21. The number of carboxylic acids is 1. The van der Waals surface area contributed by atoms with Gasteiger partial charge in [0.05, 0.1) is 6.61 Å². The summed E-state index contributed by atoms with van der Waals surface area (Å²) in [6.07, 6.45) is 0.867. The lowest BCUT2D eigenvalue weighted by Gasteiger charge is -2.24. The maximum Gasteiger partial charge on any atom is 0.327 e. The van der Waals surface area contributed by atoms with Crippen molar-refractivity contribution in [2.75, 3.05) is 26.2 Å². The number of carbonyl (C=O) groups excluding carboxylic acids is 1. The highest BCUT2D eigenvalue weighted by molar-refractivity contribution is 5.82. The average molecular weight is 232 g/mol. The van der Waals surface area contributed by atoms with Gasteiger partial charge in [-0.05, 0) is 13.0 Å². The molecule has 0 spiro atoms. The molecule has 0 aromatic carbocycles. The normalized spacial score (nSPS) is 12.5. The third-order valence-electron chi connectivity index (χ3n) is 2.07. The Labute approximate surface area is 95.2 Å². The monoisotopic (exact) mass is 232 g/mol. The molecule has 0 aliphatic heterocycles. The van der Waals surface area contributed by atoms with E-state index >= 15 is 0 Å². The van der Waals surface area contributed by atoms with E-state index in [1.807, 2.05) is 11.8 Å². The summed E-state index contributed by atoms with van der Waals surface area (Å²) in [4.78, 5) is 23.5. The van der Waals surface area contributed by atoms with Gasteiger partial charge in [0.15, 0.2) is 0 Å². The summed E-state index contributed by atoms with van der Waals surface area (Å²) in [7, 11) is 0. The van der Waals surface area contributed by atoms with E-state index in [0.717, 1.165) is 6.42 Å². The molecule has 1 amide bonds. The number of carboxylic acid groups (broad SMARTS) is 1. The second-order valence-electron chi connectivity index (χ2n) is 3.62. The van der Waals surface area contributed by atoms with E-state index in [9.17, 15) is 9.59 Å². The minimum atomic E-state index is -1.06. The molecular weight excluding hydrogens is 212 g/mol. The minimum Gasteiger partial charge on any atom is -0.480 e. The first-order valence-electron chi connectivity index (χ1n) is 5.34. The molecule has 0 heterocycles. The van der Waals surface area contributed by atoms with Gasteiger partial charge in [0.2, 0.25) is 5.91 Å². The first-order chi connectivity index (χ1) is 7.51. The molecule has 16 heavy (non-hydrogen) atoms. The molecule has 0 saturated carbocycles. The van der Waals surface area contributed by atoms with Crippen LogP contribution in [0, 0.1) is 0 Å². The zero-order valence-corrected chi connectivity index (χ0v) is 9.77. The molecule has 6 nitrogen and oxygen atoms in total. The van der Waals surface area contributed by atoms with Crippen molar-refractivity contribution < 1.29 is 19.8 Å². The Balaban J connectivity index is 4.31. The fourth-order valence-corrected chi connectivity index (χ4v) is 1.44. The van der Waals surface area contributed by atoms with E-state index in [2.05, 4.69) is 5.32 Å². The van der Waals surface area contributed by atoms with E-state index in [4.69, 9.17) is 10.2 Å². The smallest absolute Gasteiger partial charge is 0.327 e. The Bertz CT molecular complexity index is 227. The maximum atomic E-state index is 10.9. The third-order valence-corrected chi connectivity index (χ3v) is 2.07. The van der Waals surface area contributed by atoms with Gasteiger partial charge in [0, 0.05) is 20.0 Å². The van der Waals surface area contributed by atoms with Crippen LogP contribution in [-0.2, 0) is 9.59 Å². The van der Waals surface area contributed by atoms with Crippen LogP contribution >= 0.6 is 0 Å². The first-order valence-corrected chi connectivity index (χ1v) is 5.34. The number of nitrogens with one attached hydrogen (secondary N) is 1. The van der Waals surface area contributed by atoms with E-state index in [1.54, 1.807) is 0 Å². The van der Waals surface area contributed by atoms with Crippen LogP contribution in [0.1, 0.15) is 20.3 Å². The number of aliphatic hydroxyl groups is 1. The predicted octanol–water partition coefficient (Wildman–Crippen LogP) is -0.720. The average Bonchev–Trinajstić information content (AvgIpc) is 2.16.